The number of hydrogen-bond donors (Lipinski definition) is 2. The second-order valence-corrected chi connectivity index (χ2v) is 5.83. The highest BCUT2D eigenvalue weighted by Gasteiger charge is 2.30. The molecule has 0 bridgehead atoms. The lowest BCUT2D eigenvalue weighted by Gasteiger charge is -2.10. The van der Waals surface area contributed by atoms with Crippen molar-refractivity contribution in [1.29, 1.82) is 0 Å². The zero-order chi connectivity index (χ0) is 13.3. The molecule has 3 N–H and O–H groups in total. The Balaban J connectivity index is 2.46. The SMILES string of the molecule is COC(=O)c1ccc(N)cc1S(=O)(=O)NC1CC1. The minimum absolute atomic E-state index is 0.0140. The molecule has 7 heteroatoms. The van der Waals surface area contributed by atoms with E-state index in [9.17, 15) is 13.2 Å². The summed E-state index contributed by atoms with van der Waals surface area (Å²) < 4.78 is 31.3. The average Bonchev–Trinajstić information content (AvgIpc) is 3.11. The number of carbonyl (C=O) groups is 1. The molecule has 1 fully saturated rings. The number of hydrogen-bond acceptors (Lipinski definition) is 5. The summed E-state index contributed by atoms with van der Waals surface area (Å²) in [5.41, 5.74) is 5.83. The Morgan fingerprint density at radius 3 is 2.67 bits per heavy atom. The number of methoxy groups -OCH3 is 1. The molecule has 1 aromatic rings. The third kappa shape index (κ3) is 2.62. The Kier molecular flexibility index (Phi) is 3.27. The molecule has 18 heavy (non-hydrogen) atoms. The Morgan fingerprint density at radius 1 is 1.44 bits per heavy atom. The number of anilines is 1. The Labute approximate surface area is 105 Å². The van der Waals surface area contributed by atoms with Gasteiger partial charge in [0.25, 0.3) is 0 Å². The molecule has 0 spiro atoms. The van der Waals surface area contributed by atoms with E-state index in [1.165, 1.54) is 25.3 Å². The smallest absolute Gasteiger partial charge is 0.339 e. The minimum Gasteiger partial charge on any atom is -0.465 e. The molecular weight excluding hydrogens is 256 g/mol. The van der Waals surface area contributed by atoms with Crippen LogP contribution in [-0.4, -0.2) is 27.5 Å². The predicted octanol–water partition coefficient (Wildman–Crippen LogP) is 0.496. The van der Waals surface area contributed by atoms with Crippen LogP contribution in [0.15, 0.2) is 23.1 Å². The van der Waals surface area contributed by atoms with Gasteiger partial charge in [0.2, 0.25) is 10.0 Å². The van der Waals surface area contributed by atoms with E-state index in [2.05, 4.69) is 9.46 Å². The molecule has 1 aliphatic rings. The average molecular weight is 270 g/mol. The summed E-state index contributed by atoms with van der Waals surface area (Å²) in [5, 5.41) is 0. The minimum atomic E-state index is -3.74. The second kappa shape index (κ2) is 4.58. The van der Waals surface area contributed by atoms with E-state index in [0.29, 0.717) is 0 Å². The van der Waals surface area contributed by atoms with Crippen molar-refractivity contribution in [3.05, 3.63) is 23.8 Å². The van der Waals surface area contributed by atoms with Crippen LogP contribution in [0, 0.1) is 0 Å². The summed E-state index contributed by atoms with van der Waals surface area (Å²) in [6.45, 7) is 0. The van der Waals surface area contributed by atoms with Crippen molar-refractivity contribution in [2.75, 3.05) is 12.8 Å². The van der Waals surface area contributed by atoms with Crippen molar-refractivity contribution in [3.8, 4) is 0 Å². The molecule has 0 aromatic heterocycles. The Bertz CT molecular complexity index is 579. The first-order chi connectivity index (χ1) is 8.44. The van der Waals surface area contributed by atoms with E-state index in [1.807, 2.05) is 0 Å². The molecule has 0 aliphatic heterocycles. The summed E-state index contributed by atoms with van der Waals surface area (Å²) in [6, 6.07) is 4.03. The molecule has 0 radical (unpaired) electrons. The van der Waals surface area contributed by atoms with Crippen molar-refractivity contribution in [2.24, 2.45) is 0 Å². The van der Waals surface area contributed by atoms with Gasteiger partial charge in [0, 0.05) is 11.7 Å². The lowest BCUT2D eigenvalue weighted by molar-refractivity contribution is 0.0596. The van der Waals surface area contributed by atoms with Gasteiger partial charge >= 0.3 is 5.97 Å². The number of nitrogens with one attached hydrogen (secondary N) is 1. The molecule has 6 nitrogen and oxygen atoms in total. The van der Waals surface area contributed by atoms with Gasteiger partial charge in [0.05, 0.1) is 17.6 Å². The van der Waals surface area contributed by atoms with Crippen LogP contribution < -0.4 is 10.5 Å². The fraction of sp³-hybridized carbons (Fsp3) is 0.364. The molecule has 0 atom stereocenters. The first-order valence-corrected chi connectivity index (χ1v) is 6.92. The van der Waals surface area contributed by atoms with Crippen LogP contribution in [0.25, 0.3) is 0 Å². The molecule has 0 saturated heterocycles. The maximum Gasteiger partial charge on any atom is 0.339 e. The van der Waals surface area contributed by atoms with Crippen molar-refractivity contribution < 1.29 is 17.9 Å². The lowest BCUT2D eigenvalue weighted by atomic mass is 10.2. The quantitative estimate of drug-likeness (QED) is 0.613. The predicted molar refractivity (Wildman–Crippen MR) is 65.5 cm³/mol. The first-order valence-electron chi connectivity index (χ1n) is 5.44. The summed E-state index contributed by atoms with van der Waals surface area (Å²) in [7, 11) is -2.54. The molecule has 2 rings (SSSR count). The Hall–Kier alpha value is -1.60. The number of esters is 1. The number of sulfonamides is 1. The second-order valence-electron chi connectivity index (χ2n) is 4.14. The van der Waals surface area contributed by atoms with Crippen LogP contribution in [0.5, 0.6) is 0 Å². The van der Waals surface area contributed by atoms with Gasteiger partial charge in [-0.2, -0.15) is 0 Å². The topological polar surface area (TPSA) is 98.5 Å². The van der Waals surface area contributed by atoms with Crippen molar-refractivity contribution in [2.45, 2.75) is 23.8 Å². The number of benzene rings is 1. The van der Waals surface area contributed by atoms with E-state index < -0.39 is 16.0 Å². The molecule has 0 unspecified atom stereocenters. The van der Waals surface area contributed by atoms with Crippen LogP contribution in [0.4, 0.5) is 5.69 Å². The number of carbonyl (C=O) groups excluding carboxylic acids is 1. The van der Waals surface area contributed by atoms with Crippen LogP contribution in [0.2, 0.25) is 0 Å². The molecule has 1 aliphatic carbocycles. The van der Waals surface area contributed by atoms with Crippen LogP contribution in [0.1, 0.15) is 23.2 Å². The van der Waals surface area contributed by atoms with E-state index in [-0.39, 0.29) is 22.2 Å². The van der Waals surface area contributed by atoms with Gasteiger partial charge in [-0.3, -0.25) is 0 Å². The summed E-state index contributed by atoms with van der Waals surface area (Å²) in [5.74, 6) is -0.703. The summed E-state index contributed by atoms with van der Waals surface area (Å²) in [4.78, 5) is 11.4. The molecular formula is C11H14N2O4S. The normalized spacial score (nSPS) is 15.4. The van der Waals surface area contributed by atoms with E-state index >= 15 is 0 Å². The van der Waals surface area contributed by atoms with Gasteiger partial charge in [-0.05, 0) is 31.0 Å². The fourth-order valence-electron chi connectivity index (χ4n) is 1.52. The standard InChI is InChI=1S/C11H14N2O4S/c1-17-11(14)9-5-2-7(12)6-10(9)18(15,16)13-8-3-4-8/h2,5-6,8,13H,3-4,12H2,1H3. The monoisotopic (exact) mass is 270 g/mol. The summed E-state index contributed by atoms with van der Waals surface area (Å²) in [6.07, 6.45) is 1.63. The molecule has 1 saturated carbocycles. The number of ether oxygens (including phenoxy) is 1. The van der Waals surface area contributed by atoms with E-state index in [4.69, 9.17) is 5.73 Å². The third-order valence-electron chi connectivity index (χ3n) is 2.60. The maximum absolute atomic E-state index is 12.1. The van der Waals surface area contributed by atoms with Crippen LogP contribution in [-0.2, 0) is 14.8 Å². The van der Waals surface area contributed by atoms with Gasteiger partial charge in [-0.15, -0.1) is 0 Å². The van der Waals surface area contributed by atoms with Gasteiger partial charge in [0.1, 0.15) is 0 Å². The Morgan fingerprint density at radius 2 is 2.11 bits per heavy atom. The molecule has 0 heterocycles. The number of rotatable bonds is 4. The van der Waals surface area contributed by atoms with Gasteiger partial charge in [-0.1, -0.05) is 0 Å². The zero-order valence-corrected chi connectivity index (χ0v) is 10.7. The summed E-state index contributed by atoms with van der Waals surface area (Å²) >= 11 is 0. The third-order valence-corrected chi connectivity index (χ3v) is 4.16. The first kappa shape index (κ1) is 12.8. The van der Waals surface area contributed by atoms with Crippen LogP contribution >= 0.6 is 0 Å². The number of nitrogen functional groups attached to an aromatic ring is 1. The lowest BCUT2D eigenvalue weighted by Crippen LogP contribution is -2.27. The van der Waals surface area contributed by atoms with Crippen molar-refractivity contribution >= 4 is 21.7 Å². The zero-order valence-electron chi connectivity index (χ0n) is 9.84. The molecule has 0 amide bonds. The van der Waals surface area contributed by atoms with Crippen LogP contribution in [0.3, 0.4) is 0 Å². The van der Waals surface area contributed by atoms with Gasteiger partial charge in [0.15, 0.2) is 0 Å². The van der Waals surface area contributed by atoms with Gasteiger partial charge in [-0.25, -0.2) is 17.9 Å². The van der Waals surface area contributed by atoms with Crippen molar-refractivity contribution in [1.82, 2.24) is 4.72 Å². The highest BCUT2D eigenvalue weighted by atomic mass is 32.2. The molecule has 98 valence electrons. The highest BCUT2D eigenvalue weighted by molar-refractivity contribution is 7.89. The number of nitrogens with two attached hydrogens (primary N) is 1. The highest BCUT2D eigenvalue weighted by Crippen LogP contribution is 2.25. The van der Waals surface area contributed by atoms with Gasteiger partial charge < -0.3 is 10.5 Å². The molecule has 1 aromatic carbocycles. The van der Waals surface area contributed by atoms with E-state index in [1.54, 1.807) is 0 Å². The largest absolute Gasteiger partial charge is 0.465 e. The maximum atomic E-state index is 12.1. The van der Waals surface area contributed by atoms with E-state index in [0.717, 1.165) is 12.8 Å². The fourth-order valence-corrected chi connectivity index (χ4v) is 3.06. The van der Waals surface area contributed by atoms with Crippen molar-refractivity contribution in [3.63, 3.8) is 0 Å².